The van der Waals surface area contributed by atoms with Crippen molar-refractivity contribution in [1.82, 2.24) is 9.55 Å². The van der Waals surface area contributed by atoms with E-state index in [0.717, 1.165) is 25.3 Å². The summed E-state index contributed by atoms with van der Waals surface area (Å²) in [6, 6.07) is 0.0562. The number of ether oxygens (including phenoxy) is 1. The number of methoxy groups -OCH3 is 1. The number of hydrogen-bond acceptors (Lipinski definition) is 3. The number of imidazole rings is 1. The van der Waals surface area contributed by atoms with Crippen LogP contribution < -0.4 is 5.73 Å². The van der Waals surface area contributed by atoms with Crippen molar-refractivity contribution in [3.8, 4) is 0 Å². The third-order valence-electron chi connectivity index (χ3n) is 3.51. The molecule has 1 saturated carbocycles. The average Bonchev–Trinajstić information content (AvgIpc) is 2.84. The van der Waals surface area contributed by atoms with Crippen molar-refractivity contribution in [2.75, 3.05) is 13.7 Å². The Balaban J connectivity index is 2.00. The van der Waals surface area contributed by atoms with Gasteiger partial charge in [-0.1, -0.05) is 0 Å². The average molecular weight is 223 g/mol. The second-order valence-corrected chi connectivity index (χ2v) is 4.98. The molecule has 90 valence electrons. The monoisotopic (exact) mass is 223 g/mol. The zero-order valence-electron chi connectivity index (χ0n) is 10.1. The van der Waals surface area contributed by atoms with E-state index in [1.807, 2.05) is 19.4 Å². The Bertz CT molecular complexity index is 342. The molecule has 2 N–H and O–H groups in total. The third kappa shape index (κ3) is 2.44. The Morgan fingerprint density at radius 1 is 1.62 bits per heavy atom. The van der Waals surface area contributed by atoms with Gasteiger partial charge in [0.2, 0.25) is 0 Å². The molecule has 0 spiro atoms. The Hall–Kier alpha value is -0.870. The first kappa shape index (κ1) is 11.6. The standard InChI is InChI=1S/C12H21N3O/c1-10(13)11-7-14-9-15(11)8-12(3-4-12)5-6-16-2/h7,9-10H,3-6,8,13H2,1-2H3/t10-/m0/s1. The van der Waals surface area contributed by atoms with Crippen molar-refractivity contribution in [2.45, 2.75) is 38.8 Å². The molecule has 1 fully saturated rings. The van der Waals surface area contributed by atoms with E-state index in [9.17, 15) is 0 Å². The summed E-state index contributed by atoms with van der Waals surface area (Å²) in [5.41, 5.74) is 7.49. The lowest BCUT2D eigenvalue weighted by Crippen LogP contribution is -2.18. The van der Waals surface area contributed by atoms with Gasteiger partial charge in [-0.15, -0.1) is 0 Å². The van der Waals surface area contributed by atoms with Crippen LogP contribution in [0.3, 0.4) is 0 Å². The lowest BCUT2D eigenvalue weighted by molar-refractivity contribution is 0.166. The van der Waals surface area contributed by atoms with Gasteiger partial charge in [0.1, 0.15) is 0 Å². The normalized spacial score (nSPS) is 19.7. The first-order valence-corrected chi connectivity index (χ1v) is 5.91. The Morgan fingerprint density at radius 2 is 2.38 bits per heavy atom. The predicted molar refractivity (Wildman–Crippen MR) is 63.0 cm³/mol. The Kier molecular flexibility index (Phi) is 3.30. The molecular weight excluding hydrogens is 202 g/mol. The fraction of sp³-hybridized carbons (Fsp3) is 0.750. The summed E-state index contributed by atoms with van der Waals surface area (Å²) in [7, 11) is 1.76. The van der Waals surface area contributed by atoms with E-state index in [-0.39, 0.29) is 6.04 Å². The third-order valence-corrected chi connectivity index (χ3v) is 3.51. The SMILES string of the molecule is COCCC1(Cn2cncc2[C@H](C)N)CC1. The molecule has 1 aliphatic rings. The number of nitrogens with zero attached hydrogens (tertiary/aromatic N) is 2. The highest BCUT2D eigenvalue weighted by molar-refractivity contribution is 5.05. The topological polar surface area (TPSA) is 53.1 Å². The van der Waals surface area contributed by atoms with Crippen LogP contribution in [0.25, 0.3) is 0 Å². The molecule has 1 aliphatic carbocycles. The fourth-order valence-corrected chi connectivity index (χ4v) is 2.19. The largest absolute Gasteiger partial charge is 0.385 e. The van der Waals surface area contributed by atoms with E-state index in [1.165, 1.54) is 12.8 Å². The van der Waals surface area contributed by atoms with Gasteiger partial charge in [0.15, 0.2) is 0 Å². The van der Waals surface area contributed by atoms with Crippen LogP contribution in [0.2, 0.25) is 0 Å². The second kappa shape index (κ2) is 4.55. The molecule has 0 aliphatic heterocycles. The van der Waals surface area contributed by atoms with Gasteiger partial charge in [-0.25, -0.2) is 4.98 Å². The minimum absolute atomic E-state index is 0.0562. The molecule has 0 amide bonds. The first-order chi connectivity index (χ1) is 7.67. The maximum atomic E-state index is 5.91. The van der Waals surface area contributed by atoms with Crippen LogP contribution in [0.1, 0.15) is 37.9 Å². The molecule has 1 aromatic rings. The van der Waals surface area contributed by atoms with Crippen LogP contribution in [0.4, 0.5) is 0 Å². The maximum Gasteiger partial charge on any atom is 0.0948 e. The molecule has 0 radical (unpaired) electrons. The highest BCUT2D eigenvalue weighted by atomic mass is 16.5. The minimum atomic E-state index is 0.0562. The van der Waals surface area contributed by atoms with Gasteiger partial charge >= 0.3 is 0 Å². The quantitative estimate of drug-likeness (QED) is 0.799. The summed E-state index contributed by atoms with van der Waals surface area (Å²) in [5.74, 6) is 0. The zero-order valence-corrected chi connectivity index (χ0v) is 10.1. The minimum Gasteiger partial charge on any atom is -0.385 e. The Labute approximate surface area is 96.8 Å². The van der Waals surface area contributed by atoms with E-state index in [0.29, 0.717) is 5.41 Å². The summed E-state index contributed by atoms with van der Waals surface area (Å²) >= 11 is 0. The van der Waals surface area contributed by atoms with Crippen LogP contribution in [0.15, 0.2) is 12.5 Å². The van der Waals surface area contributed by atoms with Crippen LogP contribution >= 0.6 is 0 Å². The van der Waals surface area contributed by atoms with Crippen molar-refractivity contribution in [2.24, 2.45) is 11.1 Å². The van der Waals surface area contributed by atoms with Gasteiger partial charge in [-0.05, 0) is 31.6 Å². The summed E-state index contributed by atoms with van der Waals surface area (Å²) < 4.78 is 7.37. The van der Waals surface area contributed by atoms with Crippen LogP contribution in [0.5, 0.6) is 0 Å². The molecule has 2 rings (SSSR count). The molecule has 0 aromatic carbocycles. The lowest BCUT2D eigenvalue weighted by atomic mass is 10.0. The van der Waals surface area contributed by atoms with E-state index in [2.05, 4.69) is 9.55 Å². The van der Waals surface area contributed by atoms with Gasteiger partial charge in [0.05, 0.1) is 12.0 Å². The van der Waals surface area contributed by atoms with Gasteiger partial charge in [-0.3, -0.25) is 0 Å². The van der Waals surface area contributed by atoms with E-state index in [1.54, 1.807) is 7.11 Å². The molecule has 0 unspecified atom stereocenters. The van der Waals surface area contributed by atoms with E-state index >= 15 is 0 Å². The Morgan fingerprint density at radius 3 is 2.94 bits per heavy atom. The molecule has 16 heavy (non-hydrogen) atoms. The van der Waals surface area contributed by atoms with Crippen molar-refractivity contribution in [3.63, 3.8) is 0 Å². The molecule has 1 aromatic heterocycles. The number of hydrogen-bond donors (Lipinski definition) is 1. The van der Waals surface area contributed by atoms with Gasteiger partial charge < -0.3 is 15.0 Å². The van der Waals surface area contributed by atoms with Crippen molar-refractivity contribution in [1.29, 1.82) is 0 Å². The van der Waals surface area contributed by atoms with Gasteiger partial charge in [-0.2, -0.15) is 0 Å². The van der Waals surface area contributed by atoms with E-state index in [4.69, 9.17) is 10.5 Å². The van der Waals surface area contributed by atoms with Gasteiger partial charge in [0, 0.05) is 32.5 Å². The molecule has 1 heterocycles. The molecule has 1 atom stereocenters. The molecular formula is C12H21N3O. The first-order valence-electron chi connectivity index (χ1n) is 5.91. The number of nitrogens with two attached hydrogens (primary N) is 1. The summed E-state index contributed by atoms with van der Waals surface area (Å²) in [4.78, 5) is 4.19. The van der Waals surface area contributed by atoms with Crippen molar-refractivity contribution >= 4 is 0 Å². The number of rotatable bonds is 6. The lowest BCUT2D eigenvalue weighted by Gasteiger charge is -2.18. The molecule has 4 heteroatoms. The zero-order chi connectivity index (χ0) is 11.6. The van der Waals surface area contributed by atoms with Crippen molar-refractivity contribution in [3.05, 3.63) is 18.2 Å². The summed E-state index contributed by atoms with van der Waals surface area (Å²) in [6.07, 6.45) is 7.50. The smallest absolute Gasteiger partial charge is 0.0948 e. The van der Waals surface area contributed by atoms with Crippen LogP contribution in [0, 0.1) is 5.41 Å². The van der Waals surface area contributed by atoms with Crippen molar-refractivity contribution < 1.29 is 4.74 Å². The second-order valence-electron chi connectivity index (χ2n) is 4.98. The summed E-state index contributed by atoms with van der Waals surface area (Å²) in [6.45, 7) is 3.89. The highest BCUT2D eigenvalue weighted by Crippen LogP contribution is 2.50. The molecule has 0 bridgehead atoms. The van der Waals surface area contributed by atoms with Gasteiger partial charge in [0.25, 0.3) is 0 Å². The highest BCUT2D eigenvalue weighted by Gasteiger charge is 2.42. The molecule has 4 nitrogen and oxygen atoms in total. The van der Waals surface area contributed by atoms with Crippen LogP contribution in [-0.4, -0.2) is 23.3 Å². The molecule has 0 saturated heterocycles. The fourth-order valence-electron chi connectivity index (χ4n) is 2.19. The van der Waals surface area contributed by atoms with Crippen LogP contribution in [-0.2, 0) is 11.3 Å². The predicted octanol–water partition coefficient (Wildman–Crippen LogP) is 1.72. The number of aromatic nitrogens is 2. The van der Waals surface area contributed by atoms with E-state index < -0.39 is 0 Å². The maximum absolute atomic E-state index is 5.91. The summed E-state index contributed by atoms with van der Waals surface area (Å²) in [5, 5.41) is 0.